The monoisotopic (exact) mass is 1700 g/mol. The van der Waals surface area contributed by atoms with E-state index in [-0.39, 0.29) is 84.7 Å². The minimum absolute atomic E-state index is 0.00458. The quantitative estimate of drug-likeness (QED) is 0.132. The van der Waals surface area contributed by atoms with Crippen molar-refractivity contribution in [2.24, 2.45) is 55.4 Å². The number of piperidine rings is 1. The maximum absolute atomic E-state index is 12.7. The molecule has 0 spiro atoms. The predicted molar refractivity (Wildman–Crippen MR) is 457 cm³/mol. The lowest BCUT2D eigenvalue weighted by Crippen LogP contribution is -2.50. The number of fused-ring (bicyclic) bond motifs is 5. The maximum atomic E-state index is 12.7. The van der Waals surface area contributed by atoms with E-state index in [1.165, 1.54) is 12.0 Å². The Morgan fingerprint density at radius 3 is 0.975 bits per heavy atom. The number of ether oxygens (including phenoxy) is 2. The summed E-state index contributed by atoms with van der Waals surface area (Å²) in [6, 6.07) is 37.7. The van der Waals surface area contributed by atoms with Crippen LogP contribution in [0.5, 0.6) is 0 Å². The number of aryl methyl sites for hydroxylation is 1. The molecule has 18 rings (SSSR count). The first-order valence-electron chi connectivity index (χ1n) is 40.7. The molecule has 8 fully saturated rings. The molecule has 624 valence electrons. The molecule has 26 nitrogen and oxygen atoms in total. The van der Waals surface area contributed by atoms with Crippen LogP contribution in [-0.2, 0) is 33.7 Å². The number of halogens is 4. The minimum atomic E-state index is -0.525. The summed E-state index contributed by atoms with van der Waals surface area (Å²) in [5, 5.41) is 23.1. The highest BCUT2D eigenvalue weighted by Crippen LogP contribution is 2.38. The van der Waals surface area contributed by atoms with Crippen molar-refractivity contribution in [3.8, 4) is 59.2 Å². The summed E-state index contributed by atoms with van der Waals surface area (Å²) in [4.78, 5) is 106. The Balaban J connectivity index is 0.000000123. The van der Waals surface area contributed by atoms with E-state index in [1.807, 2.05) is 156 Å². The molecule has 13 aliphatic heterocycles. The van der Waals surface area contributed by atoms with Crippen LogP contribution in [0.2, 0.25) is 20.1 Å². The van der Waals surface area contributed by atoms with Crippen LogP contribution in [0.4, 0.5) is 24.0 Å². The third-order valence-electron chi connectivity index (χ3n) is 22.0. The molecule has 0 radical (unpaired) electrons. The van der Waals surface area contributed by atoms with E-state index in [9.17, 15) is 24.0 Å². The van der Waals surface area contributed by atoms with Crippen LogP contribution in [0.3, 0.4) is 0 Å². The molecule has 30 heteroatoms. The van der Waals surface area contributed by atoms with Crippen LogP contribution in [-0.4, -0.2) is 239 Å². The number of hydrogen-bond donors (Lipinski definition) is 0. The molecule has 0 aromatic heterocycles. The average Bonchev–Trinajstić information content (AvgIpc) is 1.66. The number of rotatable bonds is 0. The molecule has 5 aromatic carbocycles. The van der Waals surface area contributed by atoms with Gasteiger partial charge in [-0.15, -0.1) is 0 Å². The summed E-state index contributed by atoms with van der Waals surface area (Å²) in [6.45, 7) is 16.7. The van der Waals surface area contributed by atoms with Gasteiger partial charge in [0.1, 0.15) is 34.2 Å². The molecule has 0 N–H and O–H groups in total. The van der Waals surface area contributed by atoms with Crippen LogP contribution in [0.1, 0.15) is 118 Å². The van der Waals surface area contributed by atoms with E-state index >= 15 is 0 Å². The largest absolute Gasteiger partial charge is 0.444 e. The standard InChI is InChI=1S/C19H20ClN3O2.C19H22N2O3.C18H18ClN3O3.C18H18ClN3O2.C16H16ClN3O2/c20-15-6-4-5-14(13-15)7-8-17-16-9-12-23(18(16)25-21-17)19(24)22-10-2-1-3-11-22;1-13-6-5-7-14(12-13)8-9-16-15-10-11-21(17(15)24-20-16)18(22)23-19(2,3)4;19-14-3-1-2-13(12-14)4-5-16-15-6-7-22(17(15)25-20-16)18(23)21-8-10-24-11-9-21;19-14-5-3-4-13(12-14)6-7-16-15-8-11-22(17(15)24-20-16)18(23)21-9-1-2-10-21;1-19(2)16(21)20-9-8-13-14(18-22-15(13)20)7-6-11-4-3-5-12(17)10-11/h4-6,13,16,18H,1-3,9-12H2;5-7,12,15,17H,10-11H2,1-4H3;1-3,12,15,17H,6-11H2;3-5,12,15,17H,1-2,8-11H2;3-5,10,13,15H,8-9H2,1-2H3. The zero-order chi connectivity index (χ0) is 84.0. The molecule has 0 saturated carbocycles. The van der Waals surface area contributed by atoms with E-state index in [0.29, 0.717) is 96.3 Å². The third kappa shape index (κ3) is 21.1. The number of carbonyl (C=O) groups is 5. The molecule has 9 amide bonds. The van der Waals surface area contributed by atoms with Gasteiger partial charge in [-0.25, -0.2) is 24.0 Å². The van der Waals surface area contributed by atoms with Crippen molar-refractivity contribution in [1.29, 1.82) is 0 Å². The first-order chi connectivity index (χ1) is 58.1. The van der Waals surface area contributed by atoms with Gasteiger partial charge in [0.25, 0.3) is 0 Å². The van der Waals surface area contributed by atoms with Crippen LogP contribution in [0.25, 0.3) is 0 Å². The highest BCUT2D eigenvalue weighted by atomic mass is 35.5. The van der Waals surface area contributed by atoms with E-state index in [0.717, 1.165) is 123 Å². The second-order valence-electron chi connectivity index (χ2n) is 31.8. The first kappa shape index (κ1) is 85.1. The second kappa shape index (κ2) is 39.3. The van der Waals surface area contributed by atoms with Crippen LogP contribution < -0.4 is 0 Å². The number of amides is 9. The lowest BCUT2D eigenvalue weighted by molar-refractivity contribution is -0.0438. The molecule has 10 atom stereocenters. The zero-order valence-electron chi connectivity index (χ0n) is 67.8. The Kier molecular flexibility index (Phi) is 27.9. The lowest BCUT2D eigenvalue weighted by Gasteiger charge is -2.32. The Labute approximate surface area is 719 Å². The summed E-state index contributed by atoms with van der Waals surface area (Å²) in [5.41, 5.74) is 8.47. The first-order valence-corrected chi connectivity index (χ1v) is 42.2. The van der Waals surface area contributed by atoms with Crippen molar-refractivity contribution < 1.29 is 57.6 Å². The van der Waals surface area contributed by atoms with Crippen LogP contribution in [0, 0.1) is 95.7 Å². The Morgan fingerprint density at radius 1 is 0.375 bits per heavy atom. The fourth-order valence-electron chi connectivity index (χ4n) is 15.9. The third-order valence-corrected chi connectivity index (χ3v) is 22.9. The van der Waals surface area contributed by atoms with Crippen molar-refractivity contribution in [3.05, 3.63) is 175 Å². The highest BCUT2D eigenvalue weighted by Gasteiger charge is 2.51. The SMILES string of the molecule is CN(C)C(=O)N1CCC2C(C#Cc3cccc(Cl)c3)=NOC21.Cc1cccc(C#CC2=NOC3C2CCN3C(=O)OC(C)(C)C)c1.O=C(N1CCCC1)N1CCC2C(C#Cc3cccc(Cl)c3)=NOC21.O=C(N1CCCCC1)N1CCC2C(C#Cc3cccc(Cl)c3)=NOC21.O=C(N1CCOCC1)N1CCC2C(C#Cc3cccc(Cl)c3)=NOC21. The van der Waals surface area contributed by atoms with Gasteiger partial charge in [-0.1, -0.05) is 138 Å². The van der Waals surface area contributed by atoms with Crippen molar-refractivity contribution in [2.75, 3.05) is 99.3 Å². The van der Waals surface area contributed by atoms with Gasteiger partial charge in [-0.05, 0) is 212 Å². The summed E-state index contributed by atoms with van der Waals surface area (Å²) in [5.74, 6) is 31.1. The molecule has 13 aliphatic rings. The number of carbonyl (C=O) groups excluding carboxylic acids is 5. The van der Waals surface area contributed by atoms with Gasteiger partial charge in [0.05, 0.1) is 42.8 Å². The van der Waals surface area contributed by atoms with Crippen molar-refractivity contribution in [2.45, 2.75) is 129 Å². The minimum Gasteiger partial charge on any atom is -0.444 e. The van der Waals surface area contributed by atoms with Crippen LogP contribution >= 0.6 is 46.4 Å². The van der Waals surface area contributed by atoms with E-state index in [2.05, 4.69) is 85.0 Å². The normalized spacial score (nSPS) is 23.9. The molecule has 13 heterocycles. The van der Waals surface area contributed by atoms with Gasteiger partial charge >= 0.3 is 30.2 Å². The molecule has 8 saturated heterocycles. The molecular weight excluding hydrogens is 1610 g/mol. The van der Waals surface area contributed by atoms with E-state index < -0.39 is 11.8 Å². The summed E-state index contributed by atoms with van der Waals surface area (Å²) in [7, 11) is 3.46. The zero-order valence-corrected chi connectivity index (χ0v) is 70.8. The van der Waals surface area contributed by atoms with Gasteiger partial charge in [0.2, 0.25) is 31.1 Å². The summed E-state index contributed by atoms with van der Waals surface area (Å²) in [6.07, 6.45) is 7.57. The number of benzene rings is 5. The topological polar surface area (TPSA) is 241 Å². The van der Waals surface area contributed by atoms with Gasteiger partial charge in [-0.3, -0.25) is 24.5 Å². The molecule has 10 unspecified atom stereocenters. The lowest BCUT2D eigenvalue weighted by atomic mass is 10.0. The van der Waals surface area contributed by atoms with Gasteiger partial charge in [-0.2, -0.15) is 0 Å². The molecular formula is C90H94Cl4N14O12. The predicted octanol–water partition coefficient (Wildman–Crippen LogP) is 14.2. The maximum Gasteiger partial charge on any atom is 0.413 e. The van der Waals surface area contributed by atoms with Crippen molar-refractivity contribution in [1.82, 2.24) is 44.1 Å². The highest BCUT2D eigenvalue weighted by molar-refractivity contribution is 6.31. The van der Waals surface area contributed by atoms with Gasteiger partial charge in [0.15, 0.2) is 0 Å². The van der Waals surface area contributed by atoms with Gasteiger partial charge < -0.3 is 53.3 Å². The number of hydrogen-bond acceptors (Lipinski definition) is 17. The smallest absolute Gasteiger partial charge is 0.413 e. The number of likely N-dealkylation sites (tertiary alicyclic amines) is 7. The van der Waals surface area contributed by atoms with E-state index in [1.54, 1.807) is 50.7 Å². The number of morpholine rings is 1. The van der Waals surface area contributed by atoms with Crippen molar-refractivity contribution in [3.63, 3.8) is 0 Å². The fourth-order valence-corrected chi connectivity index (χ4v) is 16.6. The number of urea groups is 4. The van der Waals surface area contributed by atoms with Crippen LogP contribution in [0.15, 0.2) is 147 Å². The number of oxime groups is 5. The summed E-state index contributed by atoms with van der Waals surface area (Å²) >= 11 is 23.9. The second-order valence-corrected chi connectivity index (χ2v) is 33.6. The van der Waals surface area contributed by atoms with Gasteiger partial charge in [0, 0.05) is 134 Å². The number of nitrogens with zero attached hydrogens (tertiary/aromatic N) is 14. The molecule has 0 bridgehead atoms. The molecule has 5 aromatic rings. The Morgan fingerprint density at radius 2 is 0.658 bits per heavy atom. The van der Waals surface area contributed by atoms with Crippen molar-refractivity contribution >= 4 is 105 Å². The molecule has 120 heavy (non-hydrogen) atoms. The average molecular weight is 1710 g/mol. The summed E-state index contributed by atoms with van der Waals surface area (Å²) < 4.78 is 10.7. The Bertz CT molecular complexity index is 5040. The fraction of sp³-hybridized carbons (Fsp3) is 0.444. The Hall–Kier alpha value is -11.3. The molecule has 0 aliphatic carbocycles. The van der Waals surface area contributed by atoms with E-state index in [4.69, 9.17) is 80.1 Å².